The second-order valence-corrected chi connectivity index (χ2v) is 2.87. The Morgan fingerprint density at radius 1 is 1.24 bits per heavy atom. The number of phenolic OH excluding ortho intramolecular Hbond substituents is 1. The second kappa shape index (κ2) is 11.0. The van der Waals surface area contributed by atoms with E-state index in [2.05, 4.69) is 4.74 Å². The Balaban J connectivity index is 0. The molecule has 0 atom stereocenters. The SMILES string of the molecule is CC.CC.COC(=O)Cc1ccc(O)c(C)c1. The molecule has 0 heterocycles. The summed E-state index contributed by atoms with van der Waals surface area (Å²) in [5.74, 6) is -0.0290. The second-order valence-electron chi connectivity index (χ2n) is 2.87. The number of hydrogen-bond acceptors (Lipinski definition) is 3. The molecule has 0 radical (unpaired) electrons. The predicted octanol–water partition coefficient (Wildman–Crippen LogP) is 3.47. The summed E-state index contributed by atoms with van der Waals surface area (Å²) in [7, 11) is 1.36. The minimum Gasteiger partial charge on any atom is -0.508 e. The molecule has 0 aromatic heterocycles. The van der Waals surface area contributed by atoms with Gasteiger partial charge in [-0.3, -0.25) is 4.79 Å². The molecule has 1 aromatic carbocycles. The van der Waals surface area contributed by atoms with Crippen LogP contribution in [0.3, 0.4) is 0 Å². The molecule has 1 aromatic rings. The smallest absolute Gasteiger partial charge is 0.309 e. The Labute approximate surface area is 104 Å². The van der Waals surface area contributed by atoms with Crippen molar-refractivity contribution in [3.8, 4) is 5.75 Å². The monoisotopic (exact) mass is 240 g/mol. The summed E-state index contributed by atoms with van der Waals surface area (Å²) >= 11 is 0. The zero-order chi connectivity index (χ0) is 13.8. The van der Waals surface area contributed by atoms with E-state index in [1.54, 1.807) is 25.1 Å². The molecule has 0 saturated carbocycles. The molecule has 0 fully saturated rings. The Bertz CT molecular complexity index is 319. The summed E-state index contributed by atoms with van der Waals surface area (Å²) in [5, 5.41) is 9.22. The van der Waals surface area contributed by atoms with Gasteiger partial charge in [0.15, 0.2) is 0 Å². The average molecular weight is 240 g/mol. The Kier molecular flexibility index (Phi) is 11.6. The third-order valence-corrected chi connectivity index (χ3v) is 1.84. The third kappa shape index (κ3) is 7.39. The van der Waals surface area contributed by atoms with Crippen molar-refractivity contribution in [2.45, 2.75) is 41.0 Å². The first-order valence-corrected chi connectivity index (χ1v) is 5.99. The van der Waals surface area contributed by atoms with Gasteiger partial charge in [-0.25, -0.2) is 0 Å². The van der Waals surface area contributed by atoms with Crippen LogP contribution in [-0.4, -0.2) is 18.2 Å². The molecular formula is C14H24O3. The third-order valence-electron chi connectivity index (χ3n) is 1.84. The number of hydrogen-bond donors (Lipinski definition) is 1. The molecule has 0 unspecified atom stereocenters. The zero-order valence-corrected chi connectivity index (χ0v) is 11.7. The Hall–Kier alpha value is -1.51. The van der Waals surface area contributed by atoms with E-state index < -0.39 is 0 Å². The minimum absolute atomic E-state index is 0.244. The highest BCUT2D eigenvalue weighted by molar-refractivity contribution is 5.72. The van der Waals surface area contributed by atoms with Crippen LogP contribution in [0.25, 0.3) is 0 Å². The van der Waals surface area contributed by atoms with Crippen LogP contribution in [0.5, 0.6) is 5.75 Å². The number of methoxy groups -OCH3 is 1. The van der Waals surface area contributed by atoms with Crippen molar-refractivity contribution in [3.05, 3.63) is 29.3 Å². The summed E-state index contributed by atoms with van der Waals surface area (Å²) in [6.45, 7) is 9.79. The van der Waals surface area contributed by atoms with E-state index in [4.69, 9.17) is 0 Å². The first-order valence-electron chi connectivity index (χ1n) is 5.99. The van der Waals surface area contributed by atoms with E-state index >= 15 is 0 Å². The maximum absolute atomic E-state index is 10.9. The quantitative estimate of drug-likeness (QED) is 0.805. The van der Waals surface area contributed by atoms with Gasteiger partial charge in [0.2, 0.25) is 0 Å². The van der Waals surface area contributed by atoms with E-state index in [9.17, 15) is 9.90 Å². The molecule has 0 bridgehead atoms. The van der Waals surface area contributed by atoms with Crippen molar-refractivity contribution in [1.29, 1.82) is 0 Å². The lowest BCUT2D eigenvalue weighted by Gasteiger charge is -2.02. The van der Waals surface area contributed by atoms with Gasteiger partial charge in [-0.15, -0.1) is 0 Å². The summed E-state index contributed by atoms with van der Waals surface area (Å²) in [5.41, 5.74) is 1.61. The molecule has 0 aliphatic carbocycles. The highest BCUT2D eigenvalue weighted by Gasteiger charge is 2.03. The molecule has 1 rings (SSSR count). The number of phenols is 1. The van der Waals surface area contributed by atoms with Crippen LogP contribution in [0.2, 0.25) is 0 Å². The van der Waals surface area contributed by atoms with Gasteiger partial charge in [-0.2, -0.15) is 0 Å². The normalized spacial score (nSPS) is 8.12. The van der Waals surface area contributed by atoms with Crippen LogP contribution in [0, 0.1) is 6.92 Å². The van der Waals surface area contributed by atoms with Crippen molar-refractivity contribution in [2.24, 2.45) is 0 Å². The summed E-state index contributed by atoms with van der Waals surface area (Å²) in [4.78, 5) is 10.9. The van der Waals surface area contributed by atoms with Crippen molar-refractivity contribution < 1.29 is 14.6 Å². The van der Waals surface area contributed by atoms with Crippen LogP contribution in [0.4, 0.5) is 0 Å². The lowest BCUT2D eigenvalue weighted by molar-refractivity contribution is -0.139. The first kappa shape index (κ1) is 17.9. The molecule has 0 aliphatic rings. The van der Waals surface area contributed by atoms with Crippen LogP contribution in [-0.2, 0) is 16.0 Å². The lowest BCUT2D eigenvalue weighted by Crippen LogP contribution is -2.04. The number of esters is 1. The molecule has 0 amide bonds. The number of aromatic hydroxyl groups is 1. The number of aryl methyl sites for hydroxylation is 1. The number of carbonyl (C=O) groups is 1. The van der Waals surface area contributed by atoms with Gasteiger partial charge < -0.3 is 9.84 Å². The van der Waals surface area contributed by atoms with E-state index in [-0.39, 0.29) is 18.1 Å². The molecular weight excluding hydrogens is 216 g/mol. The minimum atomic E-state index is -0.273. The van der Waals surface area contributed by atoms with Gasteiger partial charge >= 0.3 is 5.97 Å². The molecule has 0 saturated heterocycles. The summed E-state index contributed by atoms with van der Waals surface area (Å²) in [6, 6.07) is 5.05. The van der Waals surface area contributed by atoms with Gasteiger partial charge in [-0.1, -0.05) is 39.8 Å². The Morgan fingerprint density at radius 3 is 2.18 bits per heavy atom. The standard InChI is InChI=1S/C10H12O3.2C2H6/c1-7-5-8(3-4-9(7)11)6-10(12)13-2;2*1-2/h3-5,11H,6H2,1-2H3;2*1-2H3. The molecule has 17 heavy (non-hydrogen) atoms. The van der Waals surface area contributed by atoms with E-state index in [0.717, 1.165) is 11.1 Å². The average Bonchev–Trinajstić information content (AvgIpc) is 2.38. The molecule has 3 heteroatoms. The number of carbonyl (C=O) groups excluding carboxylic acids is 1. The molecule has 1 N–H and O–H groups in total. The predicted molar refractivity (Wildman–Crippen MR) is 71.3 cm³/mol. The summed E-state index contributed by atoms with van der Waals surface area (Å²) < 4.78 is 4.52. The van der Waals surface area contributed by atoms with Crippen LogP contribution < -0.4 is 0 Å². The van der Waals surface area contributed by atoms with E-state index in [1.165, 1.54) is 7.11 Å². The lowest BCUT2D eigenvalue weighted by atomic mass is 10.1. The van der Waals surface area contributed by atoms with Crippen LogP contribution in [0.15, 0.2) is 18.2 Å². The van der Waals surface area contributed by atoms with Gasteiger partial charge in [-0.05, 0) is 24.1 Å². The first-order chi connectivity index (χ1) is 8.13. The molecule has 3 nitrogen and oxygen atoms in total. The fourth-order valence-electron chi connectivity index (χ4n) is 1.07. The van der Waals surface area contributed by atoms with Crippen molar-refractivity contribution in [1.82, 2.24) is 0 Å². The van der Waals surface area contributed by atoms with Crippen molar-refractivity contribution >= 4 is 5.97 Å². The van der Waals surface area contributed by atoms with Gasteiger partial charge in [0, 0.05) is 0 Å². The maximum Gasteiger partial charge on any atom is 0.309 e. The van der Waals surface area contributed by atoms with Crippen LogP contribution >= 0.6 is 0 Å². The molecule has 0 aliphatic heterocycles. The van der Waals surface area contributed by atoms with Crippen molar-refractivity contribution in [2.75, 3.05) is 7.11 Å². The number of ether oxygens (including phenoxy) is 1. The van der Waals surface area contributed by atoms with Crippen LogP contribution in [0.1, 0.15) is 38.8 Å². The van der Waals surface area contributed by atoms with E-state index in [0.29, 0.717) is 0 Å². The number of benzene rings is 1. The Morgan fingerprint density at radius 2 is 1.76 bits per heavy atom. The molecule has 98 valence electrons. The van der Waals surface area contributed by atoms with Gasteiger partial charge in [0.1, 0.15) is 5.75 Å². The topological polar surface area (TPSA) is 46.5 Å². The van der Waals surface area contributed by atoms with Crippen molar-refractivity contribution in [3.63, 3.8) is 0 Å². The maximum atomic E-state index is 10.9. The number of rotatable bonds is 2. The summed E-state index contributed by atoms with van der Waals surface area (Å²) in [6.07, 6.45) is 0.248. The fraction of sp³-hybridized carbons (Fsp3) is 0.500. The fourth-order valence-corrected chi connectivity index (χ4v) is 1.07. The van der Waals surface area contributed by atoms with Gasteiger partial charge in [0.05, 0.1) is 13.5 Å². The molecule has 0 spiro atoms. The highest BCUT2D eigenvalue weighted by atomic mass is 16.5. The zero-order valence-electron chi connectivity index (χ0n) is 11.7. The van der Waals surface area contributed by atoms with Gasteiger partial charge in [0.25, 0.3) is 0 Å². The van der Waals surface area contributed by atoms with E-state index in [1.807, 2.05) is 27.7 Å². The highest BCUT2D eigenvalue weighted by Crippen LogP contribution is 2.17. The largest absolute Gasteiger partial charge is 0.508 e.